The number of carboxylic acid groups (broad SMARTS) is 1. The van der Waals surface area contributed by atoms with Crippen molar-refractivity contribution in [3.8, 4) is 0 Å². The lowest BCUT2D eigenvalue weighted by atomic mass is 10.2. The number of aromatic nitrogens is 1. The number of carbonyl (C=O) groups excluding carboxylic acids is 1. The lowest BCUT2D eigenvalue weighted by Gasteiger charge is -2.16. The van der Waals surface area contributed by atoms with Crippen LogP contribution in [0.2, 0.25) is 0 Å². The van der Waals surface area contributed by atoms with Crippen LogP contribution in [0.3, 0.4) is 0 Å². The Bertz CT molecular complexity index is 402. The van der Waals surface area contributed by atoms with Crippen LogP contribution in [-0.4, -0.2) is 39.2 Å². The number of rotatable bonds is 4. The molecule has 0 spiro atoms. The van der Waals surface area contributed by atoms with Gasteiger partial charge in [0.05, 0.1) is 17.3 Å². The summed E-state index contributed by atoms with van der Waals surface area (Å²) in [7, 11) is 0. The molecule has 0 fully saturated rings. The summed E-state index contributed by atoms with van der Waals surface area (Å²) >= 11 is 1.16. The third-order valence-corrected chi connectivity index (χ3v) is 2.79. The van der Waals surface area contributed by atoms with E-state index in [1.165, 1.54) is 13.1 Å². The van der Waals surface area contributed by atoms with Crippen molar-refractivity contribution < 1.29 is 19.8 Å². The summed E-state index contributed by atoms with van der Waals surface area (Å²) in [6, 6.07) is -1.31. The molecule has 16 heavy (non-hydrogen) atoms. The predicted molar refractivity (Wildman–Crippen MR) is 57.4 cm³/mol. The zero-order chi connectivity index (χ0) is 12.3. The summed E-state index contributed by atoms with van der Waals surface area (Å²) < 4.78 is 0. The van der Waals surface area contributed by atoms with Gasteiger partial charge in [-0.05, 0) is 13.8 Å². The lowest BCUT2D eigenvalue weighted by molar-refractivity contribution is -0.141. The van der Waals surface area contributed by atoms with Gasteiger partial charge < -0.3 is 15.5 Å². The van der Waals surface area contributed by atoms with Gasteiger partial charge in [0, 0.05) is 0 Å². The molecule has 1 rings (SSSR count). The van der Waals surface area contributed by atoms with Crippen molar-refractivity contribution >= 4 is 23.2 Å². The average molecular weight is 244 g/mol. The van der Waals surface area contributed by atoms with Crippen LogP contribution < -0.4 is 5.32 Å². The second-order valence-electron chi connectivity index (χ2n) is 3.27. The monoisotopic (exact) mass is 244 g/mol. The summed E-state index contributed by atoms with van der Waals surface area (Å²) in [6.45, 7) is 3.04. The van der Waals surface area contributed by atoms with Crippen LogP contribution in [0, 0.1) is 6.92 Å². The zero-order valence-corrected chi connectivity index (χ0v) is 9.61. The lowest BCUT2D eigenvalue weighted by Crippen LogP contribution is -2.47. The Morgan fingerprint density at radius 2 is 2.19 bits per heavy atom. The number of aliphatic hydroxyl groups excluding tert-OH is 1. The average Bonchev–Trinajstić information content (AvgIpc) is 2.59. The summed E-state index contributed by atoms with van der Waals surface area (Å²) in [5.74, 6) is -1.82. The van der Waals surface area contributed by atoms with E-state index in [0.717, 1.165) is 11.3 Å². The zero-order valence-electron chi connectivity index (χ0n) is 8.80. The fraction of sp³-hybridized carbons (Fsp3) is 0.444. The maximum atomic E-state index is 11.6. The normalized spacial score (nSPS) is 14.2. The van der Waals surface area contributed by atoms with E-state index in [1.54, 1.807) is 6.92 Å². The first-order chi connectivity index (χ1) is 7.41. The highest BCUT2D eigenvalue weighted by atomic mass is 32.1. The molecule has 1 amide bonds. The molecule has 1 aromatic heterocycles. The third-order valence-electron chi connectivity index (χ3n) is 1.88. The minimum absolute atomic E-state index is 0.324. The van der Waals surface area contributed by atoms with Crippen LogP contribution in [0.25, 0.3) is 0 Å². The summed E-state index contributed by atoms with van der Waals surface area (Å²) in [4.78, 5) is 26.5. The molecular formula is C9H12N2O4S. The molecule has 88 valence electrons. The molecule has 0 aliphatic carbocycles. The predicted octanol–water partition coefficient (Wildman–Crippen LogP) is 0.0153. The third kappa shape index (κ3) is 3.01. The molecule has 0 radical (unpaired) electrons. The highest BCUT2D eigenvalue weighted by Crippen LogP contribution is 2.11. The van der Waals surface area contributed by atoms with E-state index in [9.17, 15) is 14.7 Å². The van der Waals surface area contributed by atoms with Gasteiger partial charge in [0.15, 0.2) is 6.04 Å². The second-order valence-corrected chi connectivity index (χ2v) is 4.51. The van der Waals surface area contributed by atoms with Gasteiger partial charge in [0.2, 0.25) is 0 Å². The molecule has 0 aliphatic heterocycles. The number of nitrogens with one attached hydrogen (secondary N) is 1. The van der Waals surface area contributed by atoms with Crippen molar-refractivity contribution in [2.24, 2.45) is 0 Å². The number of nitrogens with zero attached hydrogens (tertiary/aromatic N) is 1. The van der Waals surface area contributed by atoms with Crippen molar-refractivity contribution in [2.45, 2.75) is 26.0 Å². The van der Waals surface area contributed by atoms with Crippen molar-refractivity contribution in [1.29, 1.82) is 0 Å². The van der Waals surface area contributed by atoms with Gasteiger partial charge in [-0.15, -0.1) is 11.3 Å². The highest BCUT2D eigenvalue weighted by molar-refractivity contribution is 7.13. The van der Waals surface area contributed by atoms with Crippen molar-refractivity contribution in [3.63, 3.8) is 0 Å². The van der Waals surface area contributed by atoms with Gasteiger partial charge >= 0.3 is 5.97 Å². The minimum atomic E-state index is -1.31. The Morgan fingerprint density at radius 3 is 2.56 bits per heavy atom. The van der Waals surface area contributed by atoms with Crippen LogP contribution in [0.15, 0.2) is 6.20 Å². The number of aliphatic carboxylic acids is 1. The van der Waals surface area contributed by atoms with E-state index in [0.29, 0.717) is 9.88 Å². The first-order valence-electron chi connectivity index (χ1n) is 4.56. The van der Waals surface area contributed by atoms with Gasteiger partial charge in [0.1, 0.15) is 4.88 Å². The standard InChI is InChI=1S/C9H12N2O4S/c1-4(12)7(9(14)15)11-8(13)6-3-10-5(2)16-6/h3-4,7,12H,1-2H3,(H,11,13)(H,14,15)/t4-,7+/m1/s1. The molecule has 0 bridgehead atoms. The molecule has 2 atom stereocenters. The number of aliphatic hydroxyl groups is 1. The van der Waals surface area contributed by atoms with E-state index in [1.807, 2.05) is 0 Å². The van der Waals surface area contributed by atoms with E-state index in [2.05, 4.69) is 10.3 Å². The van der Waals surface area contributed by atoms with E-state index in [4.69, 9.17) is 5.11 Å². The van der Waals surface area contributed by atoms with E-state index >= 15 is 0 Å². The van der Waals surface area contributed by atoms with Gasteiger partial charge in [-0.2, -0.15) is 0 Å². The molecule has 7 heteroatoms. The fourth-order valence-corrected chi connectivity index (χ4v) is 1.75. The van der Waals surface area contributed by atoms with Gasteiger partial charge in [-0.25, -0.2) is 9.78 Å². The number of hydrogen-bond donors (Lipinski definition) is 3. The van der Waals surface area contributed by atoms with Gasteiger partial charge in [-0.1, -0.05) is 0 Å². The van der Waals surface area contributed by atoms with Crippen molar-refractivity contribution in [1.82, 2.24) is 10.3 Å². The van der Waals surface area contributed by atoms with E-state index in [-0.39, 0.29) is 0 Å². The summed E-state index contributed by atoms with van der Waals surface area (Å²) in [5, 5.41) is 20.9. The summed E-state index contributed by atoms with van der Waals surface area (Å²) in [6.07, 6.45) is 0.214. The Balaban J connectivity index is 2.73. The molecule has 0 aromatic carbocycles. The minimum Gasteiger partial charge on any atom is -0.480 e. The molecule has 0 saturated carbocycles. The molecular weight excluding hydrogens is 232 g/mol. The molecule has 0 unspecified atom stereocenters. The first kappa shape index (κ1) is 12.6. The second kappa shape index (κ2) is 5.04. The quantitative estimate of drug-likeness (QED) is 0.693. The van der Waals surface area contributed by atoms with Crippen molar-refractivity contribution in [2.75, 3.05) is 0 Å². The number of carboxylic acids is 1. The van der Waals surface area contributed by atoms with Gasteiger partial charge in [-0.3, -0.25) is 4.79 Å². The Kier molecular flexibility index (Phi) is 3.97. The number of aryl methyl sites for hydroxylation is 1. The number of thiazole rings is 1. The van der Waals surface area contributed by atoms with Crippen LogP contribution in [-0.2, 0) is 4.79 Å². The SMILES string of the molecule is Cc1ncc(C(=O)N[C@H](C(=O)O)[C@@H](C)O)s1. The maximum absolute atomic E-state index is 11.6. The van der Waals surface area contributed by atoms with Gasteiger partial charge in [0.25, 0.3) is 5.91 Å². The molecule has 0 aliphatic rings. The number of hydrogen-bond acceptors (Lipinski definition) is 5. The smallest absolute Gasteiger partial charge is 0.328 e. The Morgan fingerprint density at radius 1 is 1.56 bits per heavy atom. The largest absolute Gasteiger partial charge is 0.480 e. The molecule has 6 nitrogen and oxygen atoms in total. The highest BCUT2D eigenvalue weighted by Gasteiger charge is 2.25. The maximum Gasteiger partial charge on any atom is 0.328 e. The molecule has 0 saturated heterocycles. The fourth-order valence-electron chi connectivity index (χ4n) is 1.07. The summed E-state index contributed by atoms with van der Waals surface area (Å²) in [5.41, 5.74) is 0. The molecule has 1 aromatic rings. The first-order valence-corrected chi connectivity index (χ1v) is 5.37. The van der Waals surface area contributed by atoms with Crippen LogP contribution >= 0.6 is 11.3 Å². The van der Waals surface area contributed by atoms with E-state index < -0.39 is 24.0 Å². The molecule has 1 heterocycles. The van der Waals surface area contributed by atoms with Crippen molar-refractivity contribution in [3.05, 3.63) is 16.1 Å². The van der Waals surface area contributed by atoms with Crippen LogP contribution in [0.5, 0.6) is 0 Å². The Labute approximate surface area is 95.9 Å². The van der Waals surface area contributed by atoms with Crippen LogP contribution in [0.4, 0.5) is 0 Å². The van der Waals surface area contributed by atoms with Crippen LogP contribution in [0.1, 0.15) is 21.6 Å². The number of carbonyl (C=O) groups is 2. The number of amides is 1. The topological polar surface area (TPSA) is 99.5 Å². The Hall–Kier alpha value is -1.47. The molecule has 3 N–H and O–H groups in total.